The first kappa shape index (κ1) is 12.0. The monoisotopic (exact) mass is 242 g/mol. The van der Waals surface area contributed by atoms with Gasteiger partial charge in [-0.25, -0.2) is 9.97 Å². The third-order valence-corrected chi connectivity index (χ3v) is 2.62. The highest BCUT2D eigenvalue weighted by Gasteiger charge is 2.05. The number of carbonyl (C=O) groups excluding carboxylic acids is 1. The third-order valence-electron chi connectivity index (χ3n) is 2.62. The van der Waals surface area contributed by atoms with Crippen LogP contribution in [0.4, 0.5) is 11.5 Å². The molecule has 18 heavy (non-hydrogen) atoms. The first-order valence-electron chi connectivity index (χ1n) is 5.47. The molecule has 0 bridgehead atoms. The molecular weight excluding hydrogens is 228 g/mol. The molecule has 0 fully saturated rings. The fourth-order valence-electron chi connectivity index (χ4n) is 1.54. The number of nitrogen functional groups attached to an aromatic ring is 1. The molecule has 1 aromatic carbocycles. The molecule has 1 aromatic heterocycles. The van der Waals surface area contributed by atoms with Gasteiger partial charge in [-0.2, -0.15) is 0 Å². The van der Waals surface area contributed by atoms with E-state index in [2.05, 4.69) is 9.97 Å². The van der Waals surface area contributed by atoms with E-state index in [4.69, 9.17) is 5.73 Å². The molecule has 0 aliphatic rings. The van der Waals surface area contributed by atoms with Gasteiger partial charge in [0.15, 0.2) is 12.1 Å². The highest BCUT2D eigenvalue weighted by molar-refractivity contribution is 5.81. The molecule has 2 N–H and O–H groups in total. The molecule has 1 heterocycles. The van der Waals surface area contributed by atoms with E-state index in [1.165, 1.54) is 6.20 Å². The molecule has 92 valence electrons. The molecule has 0 spiro atoms. The van der Waals surface area contributed by atoms with Crippen LogP contribution in [0.15, 0.2) is 30.5 Å². The van der Waals surface area contributed by atoms with Crippen molar-refractivity contribution in [3.05, 3.63) is 36.0 Å². The van der Waals surface area contributed by atoms with Crippen molar-refractivity contribution in [2.45, 2.75) is 0 Å². The van der Waals surface area contributed by atoms with Gasteiger partial charge in [-0.15, -0.1) is 0 Å². The Hall–Kier alpha value is -2.43. The van der Waals surface area contributed by atoms with Crippen LogP contribution >= 0.6 is 0 Å². The van der Waals surface area contributed by atoms with E-state index in [0.717, 1.165) is 11.3 Å². The van der Waals surface area contributed by atoms with Gasteiger partial charge in [-0.1, -0.05) is 0 Å². The van der Waals surface area contributed by atoms with Crippen molar-refractivity contribution < 1.29 is 4.79 Å². The normalized spacial score (nSPS) is 10.1. The molecular formula is C13H14N4O. The second kappa shape index (κ2) is 4.83. The molecule has 0 saturated carbocycles. The van der Waals surface area contributed by atoms with Crippen molar-refractivity contribution in [1.29, 1.82) is 0 Å². The van der Waals surface area contributed by atoms with Crippen LogP contribution in [0.25, 0.3) is 11.4 Å². The first-order valence-corrected chi connectivity index (χ1v) is 5.47. The van der Waals surface area contributed by atoms with E-state index in [9.17, 15) is 4.79 Å². The maximum Gasteiger partial charge on any atom is 0.161 e. The number of rotatable bonds is 3. The second-order valence-corrected chi connectivity index (χ2v) is 4.09. The number of hydrogen-bond donors (Lipinski definition) is 1. The Morgan fingerprint density at radius 2 is 1.89 bits per heavy atom. The Balaban J connectivity index is 2.36. The van der Waals surface area contributed by atoms with Crippen molar-refractivity contribution in [3.63, 3.8) is 0 Å². The van der Waals surface area contributed by atoms with E-state index >= 15 is 0 Å². The highest BCUT2D eigenvalue weighted by Crippen LogP contribution is 2.20. The molecule has 0 unspecified atom stereocenters. The van der Waals surface area contributed by atoms with Crippen LogP contribution < -0.4 is 10.6 Å². The predicted octanol–water partition coefficient (Wildman–Crippen LogP) is 1.60. The maximum absolute atomic E-state index is 10.6. The zero-order chi connectivity index (χ0) is 13.1. The lowest BCUT2D eigenvalue weighted by molar-refractivity contribution is 0.112. The summed E-state index contributed by atoms with van der Waals surface area (Å²) in [7, 11) is 3.95. The van der Waals surface area contributed by atoms with Crippen molar-refractivity contribution >= 4 is 17.8 Å². The van der Waals surface area contributed by atoms with E-state index in [-0.39, 0.29) is 5.82 Å². The molecule has 5 heteroatoms. The Morgan fingerprint density at radius 3 is 2.39 bits per heavy atom. The van der Waals surface area contributed by atoms with Gasteiger partial charge in [0, 0.05) is 31.5 Å². The lowest BCUT2D eigenvalue weighted by atomic mass is 10.2. The Bertz CT molecular complexity index is 564. The van der Waals surface area contributed by atoms with Crippen LogP contribution in [-0.4, -0.2) is 30.3 Å². The van der Waals surface area contributed by atoms with E-state index < -0.39 is 0 Å². The van der Waals surface area contributed by atoms with Crippen LogP contribution in [0.2, 0.25) is 0 Å². The van der Waals surface area contributed by atoms with Gasteiger partial charge in [-0.05, 0) is 24.3 Å². The Kier molecular flexibility index (Phi) is 3.23. The van der Waals surface area contributed by atoms with Gasteiger partial charge < -0.3 is 10.6 Å². The number of aromatic nitrogens is 2. The fraction of sp³-hybridized carbons (Fsp3) is 0.154. The largest absolute Gasteiger partial charge is 0.383 e. The van der Waals surface area contributed by atoms with Gasteiger partial charge in [-0.3, -0.25) is 4.79 Å². The zero-order valence-corrected chi connectivity index (χ0v) is 10.3. The molecule has 2 aromatic rings. The summed E-state index contributed by atoms with van der Waals surface area (Å²) >= 11 is 0. The summed E-state index contributed by atoms with van der Waals surface area (Å²) in [5.74, 6) is 0.718. The van der Waals surface area contributed by atoms with Gasteiger partial charge in [0.25, 0.3) is 0 Å². The molecule has 2 rings (SSSR count). The smallest absolute Gasteiger partial charge is 0.161 e. The lowest BCUT2D eigenvalue weighted by Crippen LogP contribution is -2.08. The summed E-state index contributed by atoms with van der Waals surface area (Å²) in [4.78, 5) is 20.9. The summed E-state index contributed by atoms with van der Waals surface area (Å²) in [6.45, 7) is 0. The molecule has 0 saturated heterocycles. The molecule has 0 amide bonds. The molecule has 5 nitrogen and oxygen atoms in total. The predicted molar refractivity (Wildman–Crippen MR) is 71.6 cm³/mol. The van der Waals surface area contributed by atoms with Crippen LogP contribution in [0.5, 0.6) is 0 Å². The minimum Gasteiger partial charge on any atom is -0.383 e. The van der Waals surface area contributed by atoms with Crippen LogP contribution in [0.1, 0.15) is 10.4 Å². The second-order valence-electron chi connectivity index (χ2n) is 4.09. The van der Waals surface area contributed by atoms with Gasteiger partial charge >= 0.3 is 0 Å². The third kappa shape index (κ3) is 2.29. The Morgan fingerprint density at radius 1 is 1.22 bits per heavy atom. The SMILES string of the molecule is CN(C)c1ccc(-c2ncc(C=O)c(N)n2)cc1. The number of benzene rings is 1. The molecule has 0 aliphatic carbocycles. The van der Waals surface area contributed by atoms with Gasteiger partial charge in [0.2, 0.25) is 0 Å². The van der Waals surface area contributed by atoms with E-state index in [1.807, 2.05) is 43.3 Å². The van der Waals surface area contributed by atoms with Crippen LogP contribution in [-0.2, 0) is 0 Å². The minimum atomic E-state index is 0.201. The highest BCUT2D eigenvalue weighted by atomic mass is 16.1. The molecule has 0 radical (unpaired) electrons. The van der Waals surface area contributed by atoms with Crippen molar-refractivity contribution in [2.75, 3.05) is 24.7 Å². The van der Waals surface area contributed by atoms with Crippen molar-refractivity contribution in [3.8, 4) is 11.4 Å². The number of aldehydes is 1. The molecule has 0 aliphatic heterocycles. The van der Waals surface area contributed by atoms with E-state index in [1.54, 1.807) is 0 Å². The summed E-state index contributed by atoms with van der Waals surface area (Å²) in [6, 6.07) is 7.79. The average Bonchev–Trinajstić information content (AvgIpc) is 2.38. The van der Waals surface area contributed by atoms with Crippen LogP contribution in [0.3, 0.4) is 0 Å². The fourth-order valence-corrected chi connectivity index (χ4v) is 1.54. The average molecular weight is 242 g/mol. The quantitative estimate of drug-likeness (QED) is 0.828. The summed E-state index contributed by atoms with van der Waals surface area (Å²) in [5, 5.41) is 0. The number of nitrogens with zero attached hydrogens (tertiary/aromatic N) is 3. The number of nitrogens with two attached hydrogens (primary N) is 1. The summed E-state index contributed by atoms with van der Waals surface area (Å²) in [5.41, 5.74) is 7.92. The number of carbonyl (C=O) groups is 1. The summed E-state index contributed by atoms with van der Waals surface area (Å²) in [6.07, 6.45) is 2.08. The van der Waals surface area contributed by atoms with Crippen molar-refractivity contribution in [2.24, 2.45) is 0 Å². The van der Waals surface area contributed by atoms with E-state index in [0.29, 0.717) is 17.7 Å². The minimum absolute atomic E-state index is 0.201. The topological polar surface area (TPSA) is 72.1 Å². The number of anilines is 2. The molecule has 0 atom stereocenters. The maximum atomic E-state index is 10.6. The first-order chi connectivity index (χ1) is 8.61. The van der Waals surface area contributed by atoms with Gasteiger partial charge in [0.1, 0.15) is 5.82 Å². The van der Waals surface area contributed by atoms with Crippen LogP contribution in [0, 0.1) is 0 Å². The van der Waals surface area contributed by atoms with Gasteiger partial charge in [0.05, 0.1) is 5.56 Å². The Labute approximate surface area is 105 Å². The van der Waals surface area contributed by atoms with Crippen molar-refractivity contribution in [1.82, 2.24) is 9.97 Å². The lowest BCUT2D eigenvalue weighted by Gasteiger charge is -2.12. The number of hydrogen-bond acceptors (Lipinski definition) is 5. The zero-order valence-electron chi connectivity index (χ0n) is 10.3. The standard InChI is InChI=1S/C13H14N4O/c1-17(2)11-5-3-9(4-6-11)13-15-7-10(8-18)12(14)16-13/h3-8H,1-2H3,(H2,14,15,16). The summed E-state index contributed by atoms with van der Waals surface area (Å²) < 4.78 is 0.